The molecule has 19 heavy (non-hydrogen) atoms. The molecule has 0 aromatic carbocycles. The van der Waals surface area contributed by atoms with Crippen LogP contribution in [0, 0.1) is 23.2 Å². The largest absolute Gasteiger partial charge is 0.330 e. The Labute approximate surface area is 120 Å². The molecule has 2 aliphatic rings. The van der Waals surface area contributed by atoms with E-state index in [1.165, 1.54) is 45.1 Å². The molecule has 0 amide bonds. The number of rotatable bonds is 4. The minimum Gasteiger partial charge on any atom is -0.330 e. The van der Waals surface area contributed by atoms with Crippen molar-refractivity contribution in [3.8, 4) is 0 Å². The monoisotopic (exact) mass is 266 g/mol. The van der Waals surface area contributed by atoms with E-state index >= 15 is 0 Å². The summed E-state index contributed by atoms with van der Waals surface area (Å²) in [6.45, 7) is 9.39. The van der Waals surface area contributed by atoms with E-state index in [1.807, 2.05) is 0 Å². The molecule has 3 atom stereocenters. The van der Waals surface area contributed by atoms with Gasteiger partial charge < -0.3 is 10.6 Å². The van der Waals surface area contributed by atoms with Crippen LogP contribution in [0.1, 0.15) is 59.3 Å². The van der Waals surface area contributed by atoms with Gasteiger partial charge in [-0.25, -0.2) is 0 Å². The highest BCUT2D eigenvalue weighted by Gasteiger charge is 2.37. The van der Waals surface area contributed by atoms with Crippen LogP contribution in [0.2, 0.25) is 0 Å². The molecule has 2 saturated carbocycles. The van der Waals surface area contributed by atoms with Crippen LogP contribution in [0.25, 0.3) is 0 Å². The maximum atomic E-state index is 6.04. The lowest BCUT2D eigenvalue weighted by Crippen LogP contribution is -2.48. The van der Waals surface area contributed by atoms with Crippen LogP contribution in [0.4, 0.5) is 0 Å². The summed E-state index contributed by atoms with van der Waals surface area (Å²) in [5, 5.41) is 0. The van der Waals surface area contributed by atoms with Crippen molar-refractivity contribution < 1.29 is 0 Å². The van der Waals surface area contributed by atoms with Crippen LogP contribution < -0.4 is 5.73 Å². The molecule has 0 saturated heterocycles. The molecule has 2 nitrogen and oxygen atoms in total. The lowest BCUT2D eigenvalue weighted by Gasteiger charge is -2.46. The van der Waals surface area contributed by atoms with Gasteiger partial charge in [0, 0.05) is 12.6 Å². The lowest BCUT2D eigenvalue weighted by molar-refractivity contribution is 0.0436. The highest BCUT2D eigenvalue weighted by Crippen LogP contribution is 2.41. The zero-order valence-corrected chi connectivity index (χ0v) is 13.5. The average molecular weight is 266 g/mol. The molecule has 0 aromatic heterocycles. The normalized spacial score (nSPS) is 33.5. The SMILES string of the molecule is CN(CC1CCC1)C1CC(C(C)(C)C)CCC1CN. The molecule has 0 heterocycles. The van der Waals surface area contributed by atoms with Crippen LogP contribution >= 0.6 is 0 Å². The van der Waals surface area contributed by atoms with Crippen LogP contribution in [0.15, 0.2) is 0 Å². The highest BCUT2D eigenvalue weighted by atomic mass is 15.1. The summed E-state index contributed by atoms with van der Waals surface area (Å²) in [5.41, 5.74) is 6.49. The van der Waals surface area contributed by atoms with E-state index in [9.17, 15) is 0 Å². The minimum atomic E-state index is 0.454. The van der Waals surface area contributed by atoms with Crippen molar-refractivity contribution in [2.24, 2.45) is 28.9 Å². The molecule has 2 heteroatoms. The first-order valence-corrected chi connectivity index (χ1v) is 8.32. The third-order valence-corrected chi connectivity index (χ3v) is 5.82. The summed E-state index contributed by atoms with van der Waals surface area (Å²) in [4.78, 5) is 2.65. The second-order valence-corrected chi connectivity index (χ2v) is 8.18. The molecule has 0 aromatic rings. The predicted octanol–water partition coefficient (Wildman–Crippen LogP) is 3.51. The summed E-state index contributed by atoms with van der Waals surface area (Å²) < 4.78 is 0. The summed E-state index contributed by atoms with van der Waals surface area (Å²) in [6, 6.07) is 0.726. The van der Waals surface area contributed by atoms with Crippen LogP contribution in [0.5, 0.6) is 0 Å². The summed E-state index contributed by atoms with van der Waals surface area (Å²) in [7, 11) is 2.34. The number of nitrogens with two attached hydrogens (primary N) is 1. The summed E-state index contributed by atoms with van der Waals surface area (Å²) >= 11 is 0. The molecule has 2 fully saturated rings. The first-order chi connectivity index (χ1) is 8.91. The second-order valence-electron chi connectivity index (χ2n) is 8.18. The predicted molar refractivity (Wildman–Crippen MR) is 83.1 cm³/mol. The summed E-state index contributed by atoms with van der Waals surface area (Å²) in [5.74, 6) is 2.56. The number of hydrogen-bond acceptors (Lipinski definition) is 2. The van der Waals surface area contributed by atoms with Crippen molar-refractivity contribution in [3.05, 3.63) is 0 Å². The zero-order chi connectivity index (χ0) is 14.0. The van der Waals surface area contributed by atoms with E-state index in [1.54, 1.807) is 0 Å². The van der Waals surface area contributed by atoms with Gasteiger partial charge in [-0.15, -0.1) is 0 Å². The van der Waals surface area contributed by atoms with Gasteiger partial charge in [-0.2, -0.15) is 0 Å². The maximum absolute atomic E-state index is 6.04. The van der Waals surface area contributed by atoms with Crippen LogP contribution in [-0.2, 0) is 0 Å². The molecule has 112 valence electrons. The van der Waals surface area contributed by atoms with Gasteiger partial charge in [0.15, 0.2) is 0 Å². The van der Waals surface area contributed by atoms with Crippen LogP contribution in [-0.4, -0.2) is 31.1 Å². The van der Waals surface area contributed by atoms with Gasteiger partial charge in [-0.1, -0.05) is 27.2 Å². The first kappa shape index (κ1) is 15.3. The highest BCUT2D eigenvalue weighted by molar-refractivity contribution is 4.91. The molecule has 2 aliphatic carbocycles. The van der Waals surface area contributed by atoms with Gasteiger partial charge in [0.05, 0.1) is 0 Å². The third-order valence-electron chi connectivity index (χ3n) is 5.82. The van der Waals surface area contributed by atoms with Gasteiger partial charge in [0.2, 0.25) is 0 Å². The Bertz CT molecular complexity index is 277. The van der Waals surface area contributed by atoms with Crippen LogP contribution in [0.3, 0.4) is 0 Å². The Hall–Kier alpha value is -0.0800. The summed E-state index contributed by atoms with van der Waals surface area (Å²) in [6.07, 6.45) is 8.42. The van der Waals surface area contributed by atoms with E-state index in [-0.39, 0.29) is 0 Å². The van der Waals surface area contributed by atoms with Gasteiger partial charge in [0.25, 0.3) is 0 Å². The molecular formula is C17H34N2. The Morgan fingerprint density at radius 2 is 1.79 bits per heavy atom. The fourth-order valence-electron chi connectivity index (χ4n) is 4.03. The third kappa shape index (κ3) is 3.72. The molecule has 0 aliphatic heterocycles. The van der Waals surface area contributed by atoms with Gasteiger partial charge >= 0.3 is 0 Å². The van der Waals surface area contributed by atoms with Gasteiger partial charge in [-0.05, 0) is 68.9 Å². The minimum absolute atomic E-state index is 0.454. The van der Waals surface area contributed by atoms with Crippen molar-refractivity contribution in [1.29, 1.82) is 0 Å². The number of nitrogens with zero attached hydrogens (tertiary/aromatic N) is 1. The average Bonchev–Trinajstić information content (AvgIpc) is 2.31. The fraction of sp³-hybridized carbons (Fsp3) is 1.00. The van der Waals surface area contributed by atoms with Crippen molar-refractivity contribution in [3.63, 3.8) is 0 Å². The molecular weight excluding hydrogens is 232 g/mol. The Morgan fingerprint density at radius 1 is 1.11 bits per heavy atom. The van der Waals surface area contributed by atoms with Crippen molar-refractivity contribution in [2.45, 2.75) is 65.3 Å². The quantitative estimate of drug-likeness (QED) is 0.844. The molecule has 0 spiro atoms. The lowest BCUT2D eigenvalue weighted by atomic mass is 9.67. The van der Waals surface area contributed by atoms with E-state index in [0.717, 1.165) is 30.3 Å². The standard InChI is InChI=1S/C17H34N2/c1-17(2,3)15-9-8-14(11-18)16(10-15)19(4)12-13-6-5-7-13/h13-16H,5-12,18H2,1-4H3. The van der Waals surface area contributed by atoms with E-state index in [2.05, 4.69) is 32.7 Å². The molecule has 0 bridgehead atoms. The molecule has 0 radical (unpaired) electrons. The Morgan fingerprint density at radius 3 is 2.26 bits per heavy atom. The van der Waals surface area contributed by atoms with E-state index in [4.69, 9.17) is 5.73 Å². The first-order valence-electron chi connectivity index (χ1n) is 8.32. The molecule has 3 unspecified atom stereocenters. The fourth-order valence-corrected chi connectivity index (χ4v) is 4.03. The number of hydrogen-bond donors (Lipinski definition) is 1. The van der Waals surface area contributed by atoms with Crippen molar-refractivity contribution in [1.82, 2.24) is 4.90 Å². The molecule has 2 rings (SSSR count). The second kappa shape index (κ2) is 6.13. The van der Waals surface area contributed by atoms with E-state index < -0.39 is 0 Å². The Kier molecular flexibility index (Phi) is 4.94. The maximum Gasteiger partial charge on any atom is 0.0135 e. The van der Waals surface area contributed by atoms with Gasteiger partial charge in [-0.3, -0.25) is 0 Å². The van der Waals surface area contributed by atoms with Gasteiger partial charge in [0.1, 0.15) is 0 Å². The topological polar surface area (TPSA) is 29.3 Å². The smallest absolute Gasteiger partial charge is 0.0135 e. The molecule has 2 N–H and O–H groups in total. The Balaban J connectivity index is 1.96. The van der Waals surface area contributed by atoms with Crippen molar-refractivity contribution >= 4 is 0 Å². The van der Waals surface area contributed by atoms with Crippen molar-refractivity contribution in [2.75, 3.05) is 20.1 Å². The zero-order valence-electron chi connectivity index (χ0n) is 13.5. The van der Waals surface area contributed by atoms with E-state index in [0.29, 0.717) is 5.41 Å².